The molecule has 1 aromatic carbocycles. The van der Waals surface area contributed by atoms with Gasteiger partial charge >= 0.3 is 0 Å². The minimum atomic E-state index is 0.243. The van der Waals surface area contributed by atoms with Crippen LogP contribution in [0.4, 0.5) is 0 Å². The van der Waals surface area contributed by atoms with Crippen LogP contribution in [0.3, 0.4) is 0 Å². The number of carbonyl (C=O) groups excluding carboxylic acids is 1. The summed E-state index contributed by atoms with van der Waals surface area (Å²) < 4.78 is 11.4. The molecule has 3 rings (SSSR count). The monoisotopic (exact) mass is 280 g/mol. The molecule has 0 aromatic heterocycles. The number of ether oxygens (including phenoxy) is 2. The number of methoxy groups -OCH3 is 1. The summed E-state index contributed by atoms with van der Waals surface area (Å²) in [5, 5.41) is 0.448. The van der Waals surface area contributed by atoms with Crippen molar-refractivity contribution in [3.05, 3.63) is 22.7 Å². The minimum absolute atomic E-state index is 0.243. The lowest BCUT2D eigenvalue weighted by Gasteiger charge is -2.24. The van der Waals surface area contributed by atoms with Gasteiger partial charge in [-0.3, -0.25) is 4.79 Å². The molecule has 2 bridgehead atoms. The van der Waals surface area contributed by atoms with Crippen molar-refractivity contribution in [2.75, 3.05) is 7.11 Å². The van der Waals surface area contributed by atoms with Crippen molar-refractivity contribution in [3.63, 3.8) is 0 Å². The third-order valence-corrected chi connectivity index (χ3v) is 4.61. The first kappa shape index (κ1) is 12.8. The molecule has 0 spiro atoms. The van der Waals surface area contributed by atoms with Gasteiger partial charge < -0.3 is 9.47 Å². The number of hydrogen-bond acceptors (Lipinski definition) is 3. The summed E-state index contributed by atoms with van der Waals surface area (Å²) in [6.07, 6.45) is 5.97. The Bertz CT molecular complexity index is 500. The van der Waals surface area contributed by atoms with Crippen LogP contribution in [-0.2, 0) is 0 Å². The van der Waals surface area contributed by atoms with Gasteiger partial charge in [0.1, 0.15) is 12.4 Å². The molecule has 2 saturated carbocycles. The summed E-state index contributed by atoms with van der Waals surface area (Å²) >= 11 is 6.21. The smallest absolute Gasteiger partial charge is 0.180 e. The maximum Gasteiger partial charge on any atom is 0.180 e. The number of rotatable bonds is 4. The maximum absolute atomic E-state index is 10.8. The Labute approximate surface area is 117 Å². The zero-order chi connectivity index (χ0) is 13.4. The first-order valence-corrected chi connectivity index (χ1v) is 7.08. The lowest BCUT2D eigenvalue weighted by molar-refractivity contribution is 0.112. The van der Waals surface area contributed by atoms with Gasteiger partial charge in [0.15, 0.2) is 11.5 Å². The van der Waals surface area contributed by atoms with Crippen molar-refractivity contribution in [3.8, 4) is 11.5 Å². The number of fused-ring (bicyclic) bond motifs is 2. The second-order valence-electron chi connectivity index (χ2n) is 5.48. The molecule has 3 atom stereocenters. The first-order valence-electron chi connectivity index (χ1n) is 6.70. The van der Waals surface area contributed by atoms with Crippen LogP contribution in [0.1, 0.15) is 36.0 Å². The Hall–Kier alpha value is -1.22. The SMILES string of the molecule is COc1cc(C=O)cc(Cl)c1OC1CC2CCC1C2. The summed E-state index contributed by atoms with van der Waals surface area (Å²) in [4.78, 5) is 10.8. The molecule has 0 N–H and O–H groups in total. The zero-order valence-electron chi connectivity index (χ0n) is 10.9. The number of hydrogen-bond donors (Lipinski definition) is 0. The molecule has 0 saturated heterocycles. The zero-order valence-corrected chi connectivity index (χ0v) is 11.7. The van der Waals surface area contributed by atoms with Crippen LogP contribution in [0.15, 0.2) is 12.1 Å². The van der Waals surface area contributed by atoms with Crippen molar-refractivity contribution in [2.45, 2.75) is 31.8 Å². The van der Waals surface area contributed by atoms with Crippen LogP contribution in [-0.4, -0.2) is 19.5 Å². The summed E-state index contributed by atoms with van der Waals surface area (Å²) in [5.41, 5.74) is 0.502. The van der Waals surface area contributed by atoms with E-state index < -0.39 is 0 Å². The fourth-order valence-corrected chi connectivity index (χ4v) is 3.67. The third-order valence-electron chi connectivity index (χ3n) is 4.33. The highest BCUT2D eigenvalue weighted by Crippen LogP contribution is 2.48. The lowest BCUT2D eigenvalue weighted by Crippen LogP contribution is -2.23. The molecule has 2 aliphatic rings. The molecule has 0 amide bonds. The van der Waals surface area contributed by atoms with Crippen LogP contribution >= 0.6 is 11.6 Å². The summed E-state index contributed by atoms with van der Waals surface area (Å²) in [5.74, 6) is 2.58. The molecule has 19 heavy (non-hydrogen) atoms. The van der Waals surface area contributed by atoms with E-state index in [0.29, 0.717) is 28.0 Å². The molecule has 3 unspecified atom stereocenters. The van der Waals surface area contributed by atoms with Gasteiger partial charge in [0.2, 0.25) is 0 Å². The summed E-state index contributed by atoms with van der Waals surface area (Å²) in [7, 11) is 1.56. The highest BCUT2D eigenvalue weighted by molar-refractivity contribution is 6.32. The number of benzene rings is 1. The highest BCUT2D eigenvalue weighted by Gasteiger charge is 2.41. The Morgan fingerprint density at radius 2 is 2.16 bits per heavy atom. The number of halogens is 1. The van der Waals surface area contributed by atoms with Crippen LogP contribution in [0.25, 0.3) is 0 Å². The van der Waals surface area contributed by atoms with Gasteiger partial charge in [-0.2, -0.15) is 0 Å². The fraction of sp³-hybridized carbons (Fsp3) is 0.533. The first-order chi connectivity index (χ1) is 9.21. The topological polar surface area (TPSA) is 35.5 Å². The van der Waals surface area contributed by atoms with Gasteiger partial charge in [0, 0.05) is 5.56 Å². The normalized spacial score (nSPS) is 28.4. The van der Waals surface area contributed by atoms with Gasteiger partial charge in [-0.1, -0.05) is 11.6 Å². The quantitative estimate of drug-likeness (QED) is 0.789. The van der Waals surface area contributed by atoms with E-state index in [0.717, 1.165) is 18.6 Å². The van der Waals surface area contributed by atoms with Gasteiger partial charge in [0.05, 0.1) is 12.1 Å². The van der Waals surface area contributed by atoms with Crippen LogP contribution in [0.2, 0.25) is 5.02 Å². The van der Waals surface area contributed by atoms with Crippen molar-refractivity contribution in [1.29, 1.82) is 0 Å². The van der Waals surface area contributed by atoms with E-state index in [1.807, 2.05) is 0 Å². The van der Waals surface area contributed by atoms with Gasteiger partial charge in [-0.15, -0.1) is 0 Å². The van der Waals surface area contributed by atoms with E-state index in [2.05, 4.69) is 0 Å². The fourth-order valence-electron chi connectivity index (χ4n) is 3.40. The van der Waals surface area contributed by atoms with Crippen molar-refractivity contribution in [1.82, 2.24) is 0 Å². The second-order valence-corrected chi connectivity index (χ2v) is 5.89. The van der Waals surface area contributed by atoms with Gasteiger partial charge in [-0.25, -0.2) is 0 Å². The summed E-state index contributed by atoms with van der Waals surface area (Å²) in [6.45, 7) is 0. The van der Waals surface area contributed by atoms with E-state index in [1.54, 1.807) is 19.2 Å². The van der Waals surface area contributed by atoms with Crippen LogP contribution < -0.4 is 9.47 Å². The molecule has 2 aliphatic carbocycles. The van der Waals surface area contributed by atoms with Crippen molar-refractivity contribution in [2.24, 2.45) is 11.8 Å². The molecule has 2 fully saturated rings. The van der Waals surface area contributed by atoms with E-state index in [-0.39, 0.29) is 6.10 Å². The lowest BCUT2D eigenvalue weighted by atomic mass is 9.98. The Balaban J connectivity index is 1.85. The molecule has 3 nitrogen and oxygen atoms in total. The molecule has 4 heteroatoms. The molecule has 0 radical (unpaired) electrons. The molecular weight excluding hydrogens is 264 g/mol. The van der Waals surface area contributed by atoms with E-state index >= 15 is 0 Å². The van der Waals surface area contributed by atoms with Crippen LogP contribution in [0, 0.1) is 11.8 Å². The van der Waals surface area contributed by atoms with Crippen molar-refractivity contribution < 1.29 is 14.3 Å². The second kappa shape index (κ2) is 5.04. The van der Waals surface area contributed by atoms with E-state index in [9.17, 15) is 4.79 Å². The molecule has 0 aliphatic heterocycles. The highest BCUT2D eigenvalue weighted by atomic mass is 35.5. The largest absolute Gasteiger partial charge is 0.493 e. The molecule has 0 heterocycles. The Morgan fingerprint density at radius 1 is 1.32 bits per heavy atom. The number of aldehydes is 1. The molecule has 1 aromatic rings. The third kappa shape index (κ3) is 2.32. The number of carbonyl (C=O) groups is 1. The molecular formula is C15H17ClO3. The Kier molecular flexibility index (Phi) is 3.40. The predicted molar refractivity (Wildman–Crippen MR) is 73.3 cm³/mol. The van der Waals surface area contributed by atoms with Gasteiger partial charge in [-0.05, 0) is 49.7 Å². The average Bonchev–Trinajstić information content (AvgIpc) is 3.03. The molecule has 102 valence electrons. The van der Waals surface area contributed by atoms with Gasteiger partial charge in [0.25, 0.3) is 0 Å². The van der Waals surface area contributed by atoms with E-state index in [1.165, 1.54) is 19.3 Å². The minimum Gasteiger partial charge on any atom is -0.493 e. The van der Waals surface area contributed by atoms with Crippen molar-refractivity contribution >= 4 is 17.9 Å². The average molecular weight is 281 g/mol. The van der Waals surface area contributed by atoms with E-state index in [4.69, 9.17) is 21.1 Å². The maximum atomic E-state index is 10.8. The summed E-state index contributed by atoms with van der Waals surface area (Å²) in [6, 6.07) is 3.29. The standard InChI is InChI=1S/C15H17ClO3/c1-18-14-7-10(8-17)5-12(16)15(14)19-13-6-9-2-3-11(13)4-9/h5,7-9,11,13H,2-4,6H2,1H3. The van der Waals surface area contributed by atoms with Crippen LogP contribution in [0.5, 0.6) is 11.5 Å². The Morgan fingerprint density at radius 3 is 2.74 bits per heavy atom. The predicted octanol–water partition coefficient (Wildman–Crippen LogP) is 3.73.